The lowest BCUT2D eigenvalue weighted by Crippen LogP contribution is -2.23. The van der Waals surface area contributed by atoms with Crippen molar-refractivity contribution in [2.24, 2.45) is 0 Å². The van der Waals surface area contributed by atoms with Crippen LogP contribution in [0.3, 0.4) is 0 Å². The molecule has 0 atom stereocenters. The molecular formula is C18H20N4O4S. The lowest BCUT2D eigenvalue weighted by molar-refractivity contribution is 0.0601. The van der Waals surface area contributed by atoms with Gasteiger partial charge in [-0.1, -0.05) is 25.1 Å². The van der Waals surface area contributed by atoms with E-state index in [-0.39, 0.29) is 5.56 Å². The molecule has 8 nitrogen and oxygen atoms in total. The highest BCUT2D eigenvalue weighted by atomic mass is 32.2. The Bertz CT molecular complexity index is 1030. The number of fused-ring (bicyclic) bond motifs is 1. The second-order valence-electron chi connectivity index (χ2n) is 5.93. The van der Waals surface area contributed by atoms with Crippen LogP contribution in [0.25, 0.3) is 10.9 Å². The number of unbranched alkanes of at least 4 members (excludes halogenated alkanes) is 1. The maximum atomic E-state index is 13.0. The average molecular weight is 388 g/mol. The van der Waals surface area contributed by atoms with E-state index in [4.69, 9.17) is 9.15 Å². The minimum atomic E-state index is -0.468. The summed E-state index contributed by atoms with van der Waals surface area (Å²) in [5.41, 5.74) is 0.681. The number of benzene rings is 1. The van der Waals surface area contributed by atoms with Crippen LogP contribution in [0.1, 0.15) is 41.9 Å². The SMILES string of the molecule is CCCCn1c(SCc2nnc(C)o2)nc2cc(C(=O)OC)ccc2c1=O. The molecule has 3 rings (SSSR count). The van der Waals surface area contributed by atoms with E-state index < -0.39 is 5.97 Å². The van der Waals surface area contributed by atoms with Crippen LogP contribution in [0.4, 0.5) is 0 Å². The first-order valence-corrected chi connectivity index (χ1v) is 9.56. The standard InChI is InChI=1S/C18H20N4O4S/c1-4-5-8-22-16(23)13-7-6-12(17(24)25-3)9-14(13)19-18(22)27-10-15-21-20-11(2)26-15/h6-7,9H,4-5,8,10H2,1-3H3. The number of aryl methyl sites for hydroxylation is 1. The van der Waals surface area contributed by atoms with Gasteiger partial charge in [0.15, 0.2) is 5.16 Å². The van der Waals surface area contributed by atoms with E-state index in [1.807, 2.05) is 0 Å². The van der Waals surface area contributed by atoms with Gasteiger partial charge in [0, 0.05) is 13.5 Å². The third kappa shape index (κ3) is 4.19. The maximum Gasteiger partial charge on any atom is 0.337 e. The fraction of sp³-hybridized carbons (Fsp3) is 0.389. The summed E-state index contributed by atoms with van der Waals surface area (Å²) in [4.78, 5) is 29.4. The zero-order valence-corrected chi connectivity index (χ0v) is 16.2. The molecule has 0 aliphatic carbocycles. The average Bonchev–Trinajstić information content (AvgIpc) is 3.10. The largest absolute Gasteiger partial charge is 0.465 e. The Hall–Kier alpha value is -2.68. The third-order valence-corrected chi connectivity index (χ3v) is 4.93. The molecule has 9 heteroatoms. The summed E-state index contributed by atoms with van der Waals surface area (Å²) in [5.74, 6) is 0.895. The van der Waals surface area contributed by atoms with Gasteiger partial charge in [-0.05, 0) is 24.6 Å². The number of carbonyl (C=O) groups is 1. The highest BCUT2D eigenvalue weighted by molar-refractivity contribution is 7.98. The van der Waals surface area contributed by atoms with Gasteiger partial charge in [-0.25, -0.2) is 9.78 Å². The van der Waals surface area contributed by atoms with Crippen LogP contribution in [0.15, 0.2) is 32.6 Å². The molecule has 0 spiro atoms. The Balaban J connectivity index is 2.03. The van der Waals surface area contributed by atoms with Crippen LogP contribution < -0.4 is 5.56 Å². The molecule has 0 fully saturated rings. The highest BCUT2D eigenvalue weighted by Gasteiger charge is 2.15. The fourth-order valence-electron chi connectivity index (χ4n) is 2.59. The molecule has 0 aliphatic heterocycles. The summed E-state index contributed by atoms with van der Waals surface area (Å²) in [5, 5.41) is 8.80. The molecule has 0 saturated carbocycles. The summed E-state index contributed by atoms with van der Waals surface area (Å²) in [6.45, 7) is 4.36. The molecule has 0 radical (unpaired) electrons. The number of carbonyl (C=O) groups excluding carboxylic acids is 1. The first-order chi connectivity index (χ1) is 13.0. The van der Waals surface area contributed by atoms with Crippen LogP contribution in [-0.2, 0) is 17.0 Å². The second-order valence-corrected chi connectivity index (χ2v) is 6.87. The molecule has 3 aromatic rings. The van der Waals surface area contributed by atoms with Crippen molar-refractivity contribution in [2.45, 2.75) is 44.1 Å². The molecule has 27 heavy (non-hydrogen) atoms. The van der Waals surface area contributed by atoms with Gasteiger partial charge in [-0.15, -0.1) is 10.2 Å². The first-order valence-electron chi connectivity index (χ1n) is 8.58. The van der Waals surface area contributed by atoms with Crippen molar-refractivity contribution in [1.29, 1.82) is 0 Å². The van der Waals surface area contributed by atoms with Crippen molar-refractivity contribution < 1.29 is 13.9 Å². The van der Waals surface area contributed by atoms with E-state index >= 15 is 0 Å². The van der Waals surface area contributed by atoms with Gasteiger partial charge in [0.2, 0.25) is 11.8 Å². The Morgan fingerprint density at radius 3 is 2.81 bits per heavy atom. The summed E-state index contributed by atoms with van der Waals surface area (Å²) >= 11 is 1.35. The van der Waals surface area contributed by atoms with Crippen molar-refractivity contribution in [2.75, 3.05) is 7.11 Å². The van der Waals surface area contributed by atoms with Crippen LogP contribution in [0.5, 0.6) is 0 Å². The molecule has 0 bridgehead atoms. The van der Waals surface area contributed by atoms with Crippen molar-refractivity contribution in [3.8, 4) is 0 Å². The van der Waals surface area contributed by atoms with Gasteiger partial charge >= 0.3 is 5.97 Å². The van der Waals surface area contributed by atoms with Gasteiger partial charge in [-0.3, -0.25) is 9.36 Å². The lowest BCUT2D eigenvalue weighted by atomic mass is 10.1. The molecule has 2 heterocycles. The number of aromatic nitrogens is 4. The van der Waals surface area contributed by atoms with Crippen molar-refractivity contribution in [3.63, 3.8) is 0 Å². The maximum absolute atomic E-state index is 13.0. The molecule has 0 unspecified atom stereocenters. The van der Waals surface area contributed by atoms with E-state index in [1.54, 1.807) is 29.7 Å². The number of rotatable bonds is 7. The quantitative estimate of drug-likeness (QED) is 0.346. The Kier molecular flexibility index (Phi) is 5.90. The number of methoxy groups -OCH3 is 1. The summed E-state index contributed by atoms with van der Waals surface area (Å²) in [6.07, 6.45) is 1.82. The van der Waals surface area contributed by atoms with E-state index in [0.717, 1.165) is 12.8 Å². The first kappa shape index (κ1) is 19.1. The zero-order chi connectivity index (χ0) is 19.4. The summed E-state index contributed by atoms with van der Waals surface area (Å²) < 4.78 is 11.8. The minimum Gasteiger partial charge on any atom is -0.465 e. The monoisotopic (exact) mass is 388 g/mol. The smallest absolute Gasteiger partial charge is 0.337 e. The van der Waals surface area contributed by atoms with Crippen LogP contribution in [-0.4, -0.2) is 32.8 Å². The lowest BCUT2D eigenvalue weighted by Gasteiger charge is -2.12. The topological polar surface area (TPSA) is 100 Å². The third-order valence-electron chi connectivity index (χ3n) is 3.97. The number of nitrogens with zero attached hydrogens (tertiary/aromatic N) is 4. The van der Waals surface area contributed by atoms with Gasteiger partial charge in [0.1, 0.15) is 0 Å². The number of ether oxygens (including phenoxy) is 1. The highest BCUT2D eigenvalue weighted by Crippen LogP contribution is 2.23. The summed E-state index contributed by atoms with van der Waals surface area (Å²) in [6, 6.07) is 4.78. The molecule has 2 aromatic heterocycles. The fourth-order valence-corrected chi connectivity index (χ4v) is 3.45. The van der Waals surface area contributed by atoms with Gasteiger partial charge in [0.05, 0.1) is 29.3 Å². The molecule has 142 valence electrons. The van der Waals surface area contributed by atoms with Crippen LogP contribution in [0, 0.1) is 6.92 Å². The van der Waals surface area contributed by atoms with Crippen LogP contribution in [0.2, 0.25) is 0 Å². The Morgan fingerprint density at radius 2 is 2.15 bits per heavy atom. The van der Waals surface area contributed by atoms with Gasteiger partial charge < -0.3 is 9.15 Å². The van der Waals surface area contributed by atoms with E-state index in [2.05, 4.69) is 22.1 Å². The van der Waals surface area contributed by atoms with Crippen LogP contribution >= 0.6 is 11.8 Å². The number of hydrogen-bond acceptors (Lipinski definition) is 8. The molecular weight excluding hydrogens is 368 g/mol. The normalized spacial score (nSPS) is 11.1. The number of esters is 1. The molecule has 1 aromatic carbocycles. The molecule has 0 N–H and O–H groups in total. The number of thioether (sulfide) groups is 1. The Morgan fingerprint density at radius 1 is 1.33 bits per heavy atom. The minimum absolute atomic E-state index is 0.130. The van der Waals surface area contributed by atoms with E-state index in [1.165, 1.54) is 18.9 Å². The van der Waals surface area contributed by atoms with Crippen molar-refractivity contribution in [1.82, 2.24) is 19.7 Å². The predicted molar refractivity (Wildman–Crippen MR) is 101 cm³/mol. The van der Waals surface area contributed by atoms with Gasteiger partial charge in [-0.2, -0.15) is 0 Å². The van der Waals surface area contributed by atoms with Gasteiger partial charge in [0.25, 0.3) is 5.56 Å². The predicted octanol–water partition coefficient (Wildman–Crippen LogP) is 2.97. The van der Waals surface area contributed by atoms with E-state index in [0.29, 0.717) is 45.7 Å². The van der Waals surface area contributed by atoms with Crippen molar-refractivity contribution >= 4 is 28.6 Å². The second kappa shape index (κ2) is 8.34. The molecule has 0 saturated heterocycles. The van der Waals surface area contributed by atoms with Crippen molar-refractivity contribution in [3.05, 3.63) is 45.9 Å². The van der Waals surface area contributed by atoms with E-state index in [9.17, 15) is 9.59 Å². The molecule has 0 aliphatic rings. The zero-order valence-electron chi connectivity index (χ0n) is 15.4. The number of hydrogen-bond donors (Lipinski definition) is 0. The molecule has 0 amide bonds. The Labute approximate surface area is 160 Å². The summed E-state index contributed by atoms with van der Waals surface area (Å²) in [7, 11) is 1.32.